The van der Waals surface area contributed by atoms with Gasteiger partial charge >= 0.3 is 0 Å². The van der Waals surface area contributed by atoms with E-state index in [2.05, 4.69) is 5.16 Å². The van der Waals surface area contributed by atoms with Gasteiger partial charge in [-0.3, -0.25) is 4.79 Å². The Labute approximate surface area is 87.8 Å². The molecule has 1 aromatic heterocycles. The van der Waals surface area contributed by atoms with Gasteiger partial charge < -0.3 is 9.42 Å². The van der Waals surface area contributed by atoms with Gasteiger partial charge in [0.15, 0.2) is 0 Å². The molecule has 1 atom stereocenters. The number of carbonyl (C=O) groups excluding carboxylic acids is 1. The fourth-order valence-corrected chi connectivity index (χ4v) is 1.28. The second-order valence-electron chi connectivity index (χ2n) is 3.24. The highest BCUT2D eigenvalue weighted by molar-refractivity contribution is 6.30. The molecule has 0 aliphatic rings. The summed E-state index contributed by atoms with van der Waals surface area (Å²) in [6, 6.07) is 1.79. The Morgan fingerprint density at radius 2 is 2.43 bits per heavy atom. The van der Waals surface area contributed by atoms with Crippen LogP contribution in [-0.2, 0) is 11.3 Å². The number of alkyl halides is 1. The number of carbonyl (C=O) groups is 1. The molecule has 0 aliphatic carbocycles. The lowest BCUT2D eigenvalue weighted by Gasteiger charge is -2.16. The van der Waals surface area contributed by atoms with E-state index in [1.807, 2.05) is 6.92 Å². The standard InChI is InChI=1S/C9H13ClN2O2/c1-6-4-8(11-14-6)5-12(3)9(13)7(2)10/h4,7H,5H2,1-3H3. The zero-order valence-electron chi connectivity index (χ0n) is 8.45. The van der Waals surface area contributed by atoms with E-state index in [9.17, 15) is 4.79 Å². The minimum absolute atomic E-state index is 0.118. The van der Waals surface area contributed by atoms with E-state index in [1.54, 1.807) is 20.0 Å². The molecule has 0 aromatic carbocycles. The van der Waals surface area contributed by atoms with Crippen LogP contribution in [0.5, 0.6) is 0 Å². The Balaban J connectivity index is 2.57. The Morgan fingerprint density at radius 1 is 1.79 bits per heavy atom. The molecule has 1 heterocycles. The first-order chi connectivity index (χ1) is 6.50. The van der Waals surface area contributed by atoms with Crippen molar-refractivity contribution in [3.63, 3.8) is 0 Å². The van der Waals surface area contributed by atoms with Crippen LogP contribution in [0.2, 0.25) is 0 Å². The highest BCUT2D eigenvalue weighted by Crippen LogP contribution is 2.07. The Hall–Kier alpha value is -1.03. The summed E-state index contributed by atoms with van der Waals surface area (Å²) >= 11 is 5.66. The SMILES string of the molecule is Cc1cc(CN(C)C(=O)C(C)Cl)no1. The van der Waals surface area contributed by atoms with Gasteiger partial charge in [0.25, 0.3) is 0 Å². The highest BCUT2D eigenvalue weighted by Gasteiger charge is 2.15. The summed E-state index contributed by atoms with van der Waals surface area (Å²) in [6.07, 6.45) is 0. The quantitative estimate of drug-likeness (QED) is 0.721. The summed E-state index contributed by atoms with van der Waals surface area (Å²) in [5.74, 6) is 0.618. The third-order valence-corrected chi connectivity index (χ3v) is 1.98. The van der Waals surface area contributed by atoms with Crippen molar-refractivity contribution in [3.8, 4) is 0 Å². The molecule has 4 nitrogen and oxygen atoms in total. The van der Waals surface area contributed by atoms with Crippen LogP contribution in [0.1, 0.15) is 18.4 Å². The maximum Gasteiger partial charge on any atom is 0.240 e. The molecule has 78 valence electrons. The van der Waals surface area contributed by atoms with Gasteiger partial charge in [0.1, 0.15) is 16.8 Å². The summed E-state index contributed by atoms with van der Waals surface area (Å²) in [5.41, 5.74) is 0.732. The predicted molar refractivity (Wildman–Crippen MR) is 53.0 cm³/mol. The largest absolute Gasteiger partial charge is 0.361 e. The normalized spacial score (nSPS) is 12.6. The van der Waals surface area contributed by atoms with Crippen molar-refractivity contribution in [2.24, 2.45) is 0 Å². The third kappa shape index (κ3) is 2.73. The molecule has 1 unspecified atom stereocenters. The van der Waals surface area contributed by atoms with E-state index < -0.39 is 5.38 Å². The summed E-state index contributed by atoms with van der Waals surface area (Å²) in [5, 5.41) is 3.28. The van der Waals surface area contributed by atoms with Crippen molar-refractivity contribution in [2.45, 2.75) is 25.8 Å². The van der Waals surface area contributed by atoms with Crippen LogP contribution in [0.4, 0.5) is 0 Å². The number of amides is 1. The number of aryl methyl sites for hydroxylation is 1. The minimum Gasteiger partial charge on any atom is -0.361 e. The first-order valence-electron chi connectivity index (χ1n) is 4.32. The van der Waals surface area contributed by atoms with Gasteiger partial charge in [-0.15, -0.1) is 11.6 Å². The Morgan fingerprint density at radius 3 is 2.86 bits per heavy atom. The minimum atomic E-state index is -0.506. The Bertz CT molecular complexity index is 322. The molecule has 0 saturated heterocycles. The maximum atomic E-state index is 11.4. The van der Waals surface area contributed by atoms with E-state index in [1.165, 1.54) is 4.90 Å². The topological polar surface area (TPSA) is 46.3 Å². The number of rotatable bonds is 3. The zero-order valence-corrected chi connectivity index (χ0v) is 9.21. The molecular formula is C9H13ClN2O2. The molecular weight excluding hydrogens is 204 g/mol. The smallest absolute Gasteiger partial charge is 0.240 e. The van der Waals surface area contributed by atoms with Crippen LogP contribution in [0.3, 0.4) is 0 Å². The lowest BCUT2D eigenvalue weighted by Crippen LogP contribution is -2.31. The highest BCUT2D eigenvalue weighted by atomic mass is 35.5. The molecule has 1 aromatic rings. The number of hydrogen-bond acceptors (Lipinski definition) is 3. The van der Waals surface area contributed by atoms with Crippen LogP contribution in [0.25, 0.3) is 0 Å². The van der Waals surface area contributed by atoms with Crippen molar-refractivity contribution in [1.82, 2.24) is 10.1 Å². The van der Waals surface area contributed by atoms with Crippen LogP contribution >= 0.6 is 11.6 Å². The second-order valence-corrected chi connectivity index (χ2v) is 3.89. The molecule has 0 fully saturated rings. The van der Waals surface area contributed by atoms with Crippen LogP contribution in [0.15, 0.2) is 10.6 Å². The molecule has 0 radical (unpaired) electrons. The summed E-state index contributed by atoms with van der Waals surface area (Å²) < 4.78 is 4.88. The van der Waals surface area contributed by atoms with Gasteiger partial charge in [0.2, 0.25) is 5.91 Å². The van der Waals surface area contributed by atoms with Gasteiger partial charge in [-0.2, -0.15) is 0 Å². The zero-order chi connectivity index (χ0) is 10.7. The van der Waals surface area contributed by atoms with Crippen molar-refractivity contribution in [2.75, 3.05) is 7.05 Å². The number of aromatic nitrogens is 1. The van der Waals surface area contributed by atoms with Gasteiger partial charge in [-0.1, -0.05) is 5.16 Å². The van der Waals surface area contributed by atoms with Crippen LogP contribution in [-0.4, -0.2) is 28.4 Å². The number of hydrogen-bond donors (Lipinski definition) is 0. The monoisotopic (exact) mass is 216 g/mol. The van der Waals surface area contributed by atoms with Gasteiger partial charge in [-0.05, 0) is 13.8 Å². The molecule has 14 heavy (non-hydrogen) atoms. The van der Waals surface area contributed by atoms with E-state index >= 15 is 0 Å². The number of nitrogens with zero attached hydrogens (tertiary/aromatic N) is 2. The average molecular weight is 217 g/mol. The average Bonchev–Trinajstić information content (AvgIpc) is 2.49. The van der Waals surface area contributed by atoms with E-state index in [0.29, 0.717) is 6.54 Å². The van der Waals surface area contributed by atoms with Gasteiger partial charge in [0, 0.05) is 13.1 Å². The van der Waals surface area contributed by atoms with E-state index in [4.69, 9.17) is 16.1 Å². The molecule has 1 rings (SSSR count). The van der Waals surface area contributed by atoms with Crippen LogP contribution < -0.4 is 0 Å². The summed E-state index contributed by atoms with van der Waals surface area (Å²) in [4.78, 5) is 12.9. The molecule has 5 heteroatoms. The molecule has 0 bridgehead atoms. The predicted octanol–water partition coefficient (Wildman–Crippen LogP) is 1.57. The molecule has 0 spiro atoms. The molecule has 0 saturated carbocycles. The van der Waals surface area contributed by atoms with Crippen LogP contribution in [0, 0.1) is 6.92 Å². The Kier molecular flexibility index (Phi) is 3.52. The first kappa shape index (κ1) is 11.0. The maximum absolute atomic E-state index is 11.4. The lowest BCUT2D eigenvalue weighted by atomic mass is 10.3. The summed E-state index contributed by atoms with van der Waals surface area (Å²) in [6.45, 7) is 3.88. The fraction of sp³-hybridized carbons (Fsp3) is 0.556. The second kappa shape index (κ2) is 4.46. The van der Waals surface area contributed by atoms with Gasteiger partial charge in [0.05, 0.1) is 6.54 Å². The van der Waals surface area contributed by atoms with Gasteiger partial charge in [-0.25, -0.2) is 0 Å². The summed E-state index contributed by atoms with van der Waals surface area (Å²) in [7, 11) is 1.69. The van der Waals surface area contributed by atoms with Crippen molar-refractivity contribution >= 4 is 17.5 Å². The first-order valence-corrected chi connectivity index (χ1v) is 4.75. The van der Waals surface area contributed by atoms with E-state index in [0.717, 1.165) is 11.5 Å². The molecule has 1 amide bonds. The van der Waals surface area contributed by atoms with Crippen molar-refractivity contribution in [3.05, 3.63) is 17.5 Å². The lowest BCUT2D eigenvalue weighted by molar-refractivity contribution is -0.129. The molecule has 0 aliphatic heterocycles. The molecule has 0 N–H and O–H groups in total. The van der Waals surface area contributed by atoms with Crippen molar-refractivity contribution < 1.29 is 9.32 Å². The third-order valence-electron chi connectivity index (χ3n) is 1.79. The number of halogens is 1. The van der Waals surface area contributed by atoms with Crippen molar-refractivity contribution in [1.29, 1.82) is 0 Å². The van der Waals surface area contributed by atoms with E-state index in [-0.39, 0.29) is 5.91 Å². The fourth-order valence-electron chi connectivity index (χ4n) is 1.12.